The van der Waals surface area contributed by atoms with Gasteiger partial charge in [0.1, 0.15) is 0 Å². The summed E-state index contributed by atoms with van der Waals surface area (Å²) in [4.78, 5) is 0. The molecule has 3 heteroatoms. The SMILES string of the molecule is CCOC(=N)C=Cc1ccccc1.Cl. The maximum Gasteiger partial charge on any atom is 0.205 e. The highest BCUT2D eigenvalue weighted by Crippen LogP contribution is 2.00. The monoisotopic (exact) mass is 211 g/mol. The Balaban J connectivity index is 0.00000169. The van der Waals surface area contributed by atoms with Gasteiger partial charge in [-0.15, -0.1) is 12.4 Å². The van der Waals surface area contributed by atoms with E-state index in [2.05, 4.69) is 0 Å². The average Bonchev–Trinajstić information content (AvgIpc) is 2.17. The molecule has 0 amide bonds. The molecule has 0 aromatic heterocycles. The molecule has 1 rings (SSSR count). The number of rotatable bonds is 3. The molecule has 1 N–H and O–H groups in total. The zero-order valence-corrected chi connectivity index (χ0v) is 8.88. The molecule has 76 valence electrons. The number of ether oxygens (including phenoxy) is 1. The lowest BCUT2D eigenvalue weighted by Crippen LogP contribution is -1.97. The van der Waals surface area contributed by atoms with E-state index in [0.29, 0.717) is 6.61 Å². The van der Waals surface area contributed by atoms with Crippen LogP contribution in [0.5, 0.6) is 0 Å². The maximum atomic E-state index is 7.33. The first-order valence-electron chi connectivity index (χ1n) is 4.27. The summed E-state index contributed by atoms with van der Waals surface area (Å²) in [6.07, 6.45) is 3.51. The number of halogens is 1. The van der Waals surface area contributed by atoms with Crippen molar-refractivity contribution in [2.75, 3.05) is 6.61 Å². The van der Waals surface area contributed by atoms with Crippen LogP contribution in [0.3, 0.4) is 0 Å². The summed E-state index contributed by atoms with van der Waals surface area (Å²) in [6, 6.07) is 9.85. The smallest absolute Gasteiger partial charge is 0.205 e. The Hall–Kier alpha value is -1.28. The Labute approximate surface area is 90.5 Å². The quantitative estimate of drug-likeness (QED) is 0.605. The fourth-order valence-corrected chi connectivity index (χ4v) is 0.940. The van der Waals surface area contributed by atoms with Crippen molar-refractivity contribution < 1.29 is 4.74 Å². The van der Waals surface area contributed by atoms with E-state index >= 15 is 0 Å². The average molecular weight is 212 g/mol. The first-order chi connectivity index (χ1) is 6.33. The summed E-state index contributed by atoms with van der Waals surface area (Å²) in [5.74, 6) is 0.200. The lowest BCUT2D eigenvalue weighted by Gasteiger charge is -1.97. The normalized spacial score (nSPS) is 9.50. The molecule has 1 aromatic rings. The second-order valence-corrected chi connectivity index (χ2v) is 2.54. The van der Waals surface area contributed by atoms with Crippen molar-refractivity contribution in [3.63, 3.8) is 0 Å². The number of hydrogen-bond acceptors (Lipinski definition) is 2. The zero-order valence-electron chi connectivity index (χ0n) is 8.07. The van der Waals surface area contributed by atoms with Crippen LogP contribution in [0.1, 0.15) is 12.5 Å². The van der Waals surface area contributed by atoms with E-state index in [9.17, 15) is 0 Å². The molecule has 0 aliphatic rings. The third-order valence-electron chi connectivity index (χ3n) is 1.53. The van der Waals surface area contributed by atoms with Gasteiger partial charge in [-0.1, -0.05) is 30.3 Å². The fourth-order valence-electron chi connectivity index (χ4n) is 0.940. The predicted octanol–water partition coefficient (Wildman–Crippen LogP) is 3.14. The molecule has 0 aliphatic carbocycles. The van der Waals surface area contributed by atoms with Crippen LogP contribution in [-0.2, 0) is 4.74 Å². The Kier molecular flexibility index (Phi) is 6.50. The van der Waals surface area contributed by atoms with Gasteiger partial charge >= 0.3 is 0 Å². The molecule has 0 aliphatic heterocycles. The van der Waals surface area contributed by atoms with Gasteiger partial charge in [-0.25, -0.2) is 0 Å². The molecule has 0 bridgehead atoms. The minimum absolute atomic E-state index is 0. The second-order valence-electron chi connectivity index (χ2n) is 2.54. The molecule has 0 spiro atoms. The largest absolute Gasteiger partial charge is 0.478 e. The van der Waals surface area contributed by atoms with E-state index in [1.807, 2.05) is 43.3 Å². The third kappa shape index (κ3) is 4.67. The summed E-state index contributed by atoms with van der Waals surface area (Å²) in [7, 11) is 0. The van der Waals surface area contributed by atoms with Crippen molar-refractivity contribution in [3.05, 3.63) is 42.0 Å². The van der Waals surface area contributed by atoms with Crippen LogP contribution in [0.2, 0.25) is 0 Å². The molecule has 0 saturated carbocycles. The van der Waals surface area contributed by atoms with Crippen LogP contribution >= 0.6 is 12.4 Å². The van der Waals surface area contributed by atoms with Crippen molar-refractivity contribution in [1.82, 2.24) is 0 Å². The molecule has 1 aromatic carbocycles. The maximum absolute atomic E-state index is 7.33. The van der Waals surface area contributed by atoms with Gasteiger partial charge in [0.25, 0.3) is 0 Å². The summed E-state index contributed by atoms with van der Waals surface area (Å²) in [5.41, 5.74) is 1.08. The minimum atomic E-state index is 0. The van der Waals surface area contributed by atoms with Crippen molar-refractivity contribution >= 4 is 24.4 Å². The highest BCUT2D eigenvalue weighted by molar-refractivity contribution is 5.89. The first kappa shape index (κ1) is 12.7. The molecular formula is C11H14ClNO. The molecular weight excluding hydrogens is 198 g/mol. The van der Waals surface area contributed by atoms with E-state index in [1.54, 1.807) is 6.08 Å². The van der Waals surface area contributed by atoms with Crippen molar-refractivity contribution in [1.29, 1.82) is 5.41 Å². The van der Waals surface area contributed by atoms with Crippen molar-refractivity contribution in [2.24, 2.45) is 0 Å². The molecule has 0 unspecified atom stereocenters. The van der Waals surface area contributed by atoms with Crippen LogP contribution in [0.15, 0.2) is 36.4 Å². The first-order valence-corrected chi connectivity index (χ1v) is 4.27. The van der Waals surface area contributed by atoms with Crippen LogP contribution in [-0.4, -0.2) is 12.5 Å². The molecule has 0 fully saturated rings. The summed E-state index contributed by atoms with van der Waals surface area (Å²) in [5, 5.41) is 7.33. The molecule has 0 atom stereocenters. The van der Waals surface area contributed by atoms with E-state index in [1.165, 1.54) is 0 Å². The lowest BCUT2D eigenvalue weighted by atomic mass is 10.2. The van der Waals surface area contributed by atoms with Gasteiger partial charge in [0.2, 0.25) is 5.90 Å². The highest BCUT2D eigenvalue weighted by atomic mass is 35.5. The summed E-state index contributed by atoms with van der Waals surface area (Å²) >= 11 is 0. The molecule has 0 heterocycles. The van der Waals surface area contributed by atoms with E-state index in [0.717, 1.165) is 5.56 Å². The van der Waals surface area contributed by atoms with Crippen LogP contribution < -0.4 is 0 Å². The third-order valence-corrected chi connectivity index (χ3v) is 1.53. The Bertz CT molecular complexity index is 295. The summed E-state index contributed by atoms with van der Waals surface area (Å²) < 4.78 is 4.96. The van der Waals surface area contributed by atoms with Gasteiger partial charge in [0.15, 0.2) is 0 Å². The topological polar surface area (TPSA) is 33.1 Å². The molecule has 2 nitrogen and oxygen atoms in total. The van der Waals surface area contributed by atoms with Crippen molar-refractivity contribution in [2.45, 2.75) is 6.92 Å². The fraction of sp³-hybridized carbons (Fsp3) is 0.182. The van der Waals surface area contributed by atoms with Gasteiger partial charge in [0, 0.05) is 6.08 Å². The standard InChI is InChI=1S/C11H13NO.ClH/c1-2-13-11(12)9-8-10-6-4-3-5-7-10;/h3-9,12H,2H2,1H3;1H. The van der Waals surface area contributed by atoms with Crippen molar-refractivity contribution in [3.8, 4) is 0 Å². The van der Waals surface area contributed by atoms with Gasteiger partial charge in [-0.05, 0) is 18.6 Å². The summed E-state index contributed by atoms with van der Waals surface area (Å²) in [6.45, 7) is 2.41. The van der Waals surface area contributed by atoms with E-state index in [4.69, 9.17) is 10.1 Å². The predicted molar refractivity (Wildman–Crippen MR) is 62.1 cm³/mol. The zero-order chi connectivity index (χ0) is 9.52. The molecule has 0 saturated heterocycles. The van der Waals surface area contributed by atoms with Gasteiger partial charge in [-0.3, -0.25) is 5.41 Å². The number of nitrogens with one attached hydrogen (secondary N) is 1. The Morgan fingerprint density at radius 1 is 1.36 bits per heavy atom. The van der Waals surface area contributed by atoms with Gasteiger partial charge in [0.05, 0.1) is 6.61 Å². The van der Waals surface area contributed by atoms with Gasteiger partial charge in [-0.2, -0.15) is 0 Å². The Morgan fingerprint density at radius 3 is 2.57 bits per heavy atom. The lowest BCUT2D eigenvalue weighted by molar-refractivity contribution is 0.327. The van der Waals surface area contributed by atoms with E-state index in [-0.39, 0.29) is 18.3 Å². The van der Waals surface area contributed by atoms with Crippen LogP contribution in [0.25, 0.3) is 6.08 Å². The van der Waals surface area contributed by atoms with Crippen LogP contribution in [0, 0.1) is 5.41 Å². The highest BCUT2D eigenvalue weighted by Gasteiger charge is 1.88. The van der Waals surface area contributed by atoms with Gasteiger partial charge < -0.3 is 4.74 Å². The van der Waals surface area contributed by atoms with Crippen LogP contribution in [0.4, 0.5) is 0 Å². The number of hydrogen-bond donors (Lipinski definition) is 1. The minimum Gasteiger partial charge on any atom is -0.478 e. The van der Waals surface area contributed by atoms with E-state index < -0.39 is 0 Å². The molecule has 14 heavy (non-hydrogen) atoms. The number of benzene rings is 1. The Morgan fingerprint density at radius 2 is 2.00 bits per heavy atom. The molecule has 0 radical (unpaired) electrons. The second kappa shape index (κ2) is 7.15.